The molecule has 0 heterocycles. The number of ketones is 1. The third kappa shape index (κ3) is 11.1. The van der Waals surface area contributed by atoms with Gasteiger partial charge in [-0.3, -0.25) is 19.2 Å². The Labute approximate surface area is 196 Å². The van der Waals surface area contributed by atoms with E-state index in [1.54, 1.807) is 38.1 Å². The van der Waals surface area contributed by atoms with E-state index in [1.807, 2.05) is 27.7 Å². The summed E-state index contributed by atoms with van der Waals surface area (Å²) in [6.07, 6.45) is 1.31. The van der Waals surface area contributed by atoms with Crippen molar-refractivity contribution in [1.29, 1.82) is 0 Å². The zero-order valence-electron chi connectivity index (χ0n) is 20.9. The summed E-state index contributed by atoms with van der Waals surface area (Å²) in [6, 6.07) is 6.21. The third-order valence-electron chi connectivity index (χ3n) is 5.56. The van der Waals surface area contributed by atoms with Gasteiger partial charge in [-0.05, 0) is 58.2 Å². The van der Waals surface area contributed by atoms with Gasteiger partial charge in [-0.1, -0.05) is 26.0 Å². The minimum absolute atomic E-state index is 0.119. The molecule has 33 heavy (non-hydrogen) atoms. The zero-order valence-corrected chi connectivity index (χ0v) is 20.9. The fraction of sp³-hybridized carbons (Fsp3) is 0.600. The number of rotatable bonds is 13. The number of anilines is 1. The lowest BCUT2D eigenvalue weighted by Gasteiger charge is -2.28. The quantitative estimate of drug-likeness (QED) is 0.432. The van der Waals surface area contributed by atoms with Crippen LogP contribution in [0.1, 0.15) is 73.3 Å². The summed E-state index contributed by atoms with van der Waals surface area (Å²) in [5.74, 6) is -0.814. The number of carbonyl (C=O) groups excluding carboxylic acids is 4. The van der Waals surface area contributed by atoms with Crippen LogP contribution in [0.2, 0.25) is 0 Å². The number of carbonyl (C=O) groups is 4. The molecule has 1 atom stereocenters. The van der Waals surface area contributed by atoms with Crippen molar-refractivity contribution < 1.29 is 28.7 Å². The van der Waals surface area contributed by atoms with Crippen molar-refractivity contribution in [2.45, 2.75) is 86.0 Å². The predicted molar refractivity (Wildman–Crippen MR) is 126 cm³/mol. The highest BCUT2D eigenvalue weighted by atomic mass is 16.5. The summed E-state index contributed by atoms with van der Waals surface area (Å²) in [4.78, 5) is 47.2. The maximum Gasteiger partial charge on any atom is 0.302 e. The number of esters is 1. The molecule has 0 spiro atoms. The molecule has 0 fully saturated rings. The lowest BCUT2D eigenvalue weighted by molar-refractivity contribution is -0.142. The first-order valence-corrected chi connectivity index (χ1v) is 11.2. The average molecular weight is 463 g/mol. The van der Waals surface area contributed by atoms with E-state index in [0.717, 1.165) is 5.56 Å². The van der Waals surface area contributed by atoms with E-state index >= 15 is 0 Å². The van der Waals surface area contributed by atoms with Crippen LogP contribution in [0.15, 0.2) is 24.3 Å². The van der Waals surface area contributed by atoms with E-state index < -0.39 is 17.1 Å². The van der Waals surface area contributed by atoms with Crippen LogP contribution in [0.5, 0.6) is 0 Å². The van der Waals surface area contributed by atoms with Gasteiger partial charge in [-0.2, -0.15) is 0 Å². The molecular formula is C25H38N2O6. The third-order valence-corrected chi connectivity index (χ3v) is 5.56. The summed E-state index contributed by atoms with van der Waals surface area (Å²) in [7, 11) is 0. The molecule has 0 aromatic heterocycles. The summed E-state index contributed by atoms with van der Waals surface area (Å²) in [5, 5.41) is 5.45. The number of Topliss-reactive ketones (excluding diaryl/α,β-unsaturated/α-hetero) is 1. The molecule has 0 bridgehead atoms. The van der Waals surface area contributed by atoms with Gasteiger partial charge in [0.15, 0.2) is 0 Å². The Morgan fingerprint density at radius 2 is 1.58 bits per heavy atom. The number of benzene rings is 1. The maximum absolute atomic E-state index is 12.4. The van der Waals surface area contributed by atoms with E-state index in [1.165, 1.54) is 6.92 Å². The first kappa shape index (κ1) is 28.3. The Bertz CT molecular complexity index is 830. The minimum Gasteiger partial charge on any atom is -0.461 e. The van der Waals surface area contributed by atoms with Gasteiger partial charge in [0.2, 0.25) is 11.8 Å². The molecule has 0 radical (unpaired) electrons. The predicted octanol–water partition coefficient (Wildman–Crippen LogP) is 3.77. The Kier molecular flexibility index (Phi) is 10.7. The Morgan fingerprint density at radius 3 is 2.12 bits per heavy atom. The second kappa shape index (κ2) is 12.5. The van der Waals surface area contributed by atoms with Gasteiger partial charge < -0.3 is 20.1 Å². The van der Waals surface area contributed by atoms with Gasteiger partial charge >= 0.3 is 5.97 Å². The molecule has 184 valence electrons. The second-order valence-electron chi connectivity index (χ2n) is 9.55. The molecule has 1 rings (SSSR count). The smallest absolute Gasteiger partial charge is 0.302 e. The van der Waals surface area contributed by atoms with Crippen LogP contribution in [-0.4, -0.2) is 41.8 Å². The minimum atomic E-state index is -0.710. The monoisotopic (exact) mass is 462 g/mol. The molecule has 1 aromatic carbocycles. The highest BCUT2D eigenvalue weighted by Crippen LogP contribution is 2.24. The molecule has 1 aromatic rings. The topological polar surface area (TPSA) is 111 Å². The molecule has 2 amide bonds. The lowest BCUT2D eigenvalue weighted by Crippen LogP contribution is -2.42. The first-order chi connectivity index (χ1) is 15.2. The van der Waals surface area contributed by atoms with Crippen molar-refractivity contribution in [3.63, 3.8) is 0 Å². The molecule has 0 aliphatic carbocycles. The highest BCUT2D eigenvalue weighted by Gasteiger charge is 2.26. The molecule has 0 aliphatic rings. The van der Waals surface area contributed by atoms with Crippen LogP contribution < -0.4 is 10.6 Å². The highest BCUT2D eigenvalue weighted by molar-refractivity contribution is 5.96. The van der Waals surface area contributed by atoms with Gasteiger partial charge in [0.05, 0.1) is 5.60 Å². The van der Waals surface area contributed by atoms with Crippen molar-refractivity contribution in [1.82, 2.24) is 5.32 Å². The van der Waals surface area contributed by atoms with Gasteiger partial charge in [0.1, 0.15) is 18.4 Å². The SMILES string of the molecule is CC(=O)OCc1ccc(NC(=O)[C@H](C)NC(=O)CCC(C)(C)OCCC(C)(C)C(C)=O)cc1. The van der Waals surface area contributed by atoms with Gasteiger partial charge in [0.25, 0.3) is 0 Å². The zero-order chi connectivity index (χ0) is 25.2. The molecule has 0 saturated heterocycles. The normalized spacial score (nSPS) is 12.6. The maximum atomic E-state index is 12.4. The molecule has 8 nitrogen and oxygen atoms in total. The second-order valence-corrected chi connectivity index (χ2v) is 9.55. The summed E-state index contributed by atoms with van der Waals surface area (Å²) >= 11 is 0. The van der Waals surface area contributed by atoms with E-state index in [2.05, 4.69) is 10.6 Å². The molecule has 0 aliphatic heterocycles. The van der Waals surface area contributed by atoms with Crippen molar-refractivity contribution in [3.05, 3.63) is 29.8 Å². The van der Waals surface area contributed by atoms with Crippen LogP contribution in [0, 0.1) is 5.41 Å². The first-order valence-electron chi connectivity index (χ1n) is 11.2. The Balaban J connectivity index is 2.42. The number of ether oxygens (including phenoxy) is 2. The largest absolute Gasteiger partial charge is 0.461 e. The van der Waals surface area contributed by atoms with Crippen LogP contribution in [0.4, 0.5) is 5.69 Å². The Hall–Kier alpha value is -2.74. The van der Waals surface area contributed by atoms with Crippen LogP contribution in [-0.2, 0) is 35.3 Å². The van der Waals surface area contributed by atoms with Gasteiger partial charge in [-0.15, -0.1) is 0 Å². The average Bonchev–Trinajstić information content (AvgIpc) is 2.71. The van der Waals surface area contributed by atoms with Crippen molar-refractivity contribution in [2.75, 3.05) is 11.9 Å². The van der Waals surface area contributed by atoms with E-state index in [-0.39, 0.29) is 36.6 Å². The molecule has 0 saturated carbocycles. The number of hydrogen-bond donors (Lipinski definition) is 2. The molecule has 0 unspecified atom stereocenters. The van der Waals surface area contributed by atoms with Crippen molar-refractivity contribution in [3.8, 4) is 0 Å². The van der Waals surface area contributed by atoms with Crippen LogP contribution >= 0.6 is 0 Å². The molecule has 8 heteroatoms. The van der Waals surface area contributed by atoms with Crippen LogP contribution in [0.25, 0.3) is 0 Å². The fourth-order valence-corrected chi connectivity index (χ4v) is 2.74. The number of nitrogens with one attached hydrogen (secondary N) is 2. The molecular weight excluding hydrogens is 424 g/mol. The van der Waals surface area contributed by atoms with E-state index in [4.69, 9.17) is 9.47 Å². The molecule has 2 N–H and O–H groups in total. The summed E-state index contributed by atoms with van der Waals surface area (Å²) in [5.41, 5.74) is 0.428. The van der Waals surface area contributed by atoms with Gasteiger partial charge in [0, 0.05) is 31.1 Å². The van der Waals surface area contributed by atoms with Crippen LogP contribution in [0.3, 0.4) is 0 Å². The summed E-state index contributed by atoms with van der Waals surface area (Å²) < 4.78 is 10.8. The van der Waals surface area contributed by atoms with E-state index in [0.29, 0.717) is 25.1 Å². The fourth-order valence-electron chi connectivity index (χ4n) is 2.74. The lowest BCUT2D eigenvalue weighted by atomic mass is 9.86. The Morgan fingerprint density at radius 1 is 0.970 bits per heavy atom. The van der Waals surface area contributed by atoms with Crippen molar-refractivity contribution >= 4 is 29.3 Å². The number of amides is 2. The number of hydrogen-bond acceptors (Lipinski definition) is 6. The van der Waals surface area contributed by atoms with E-state index in [9.17, 15) is 19.2 Å². The van der Waals surface area contributed by atoms with Gasteiger partial charge in [-0.25, -0.2) is 0 Å². The van der Waals surface area contributed by atoms with Crippen molar-refractivity contribution in [2.24, 2.45) is 5.41 Å². The summed E-state index contributed by atoms with van der Waals surface area (Å²) in [6.45, 7) is 12.7. The standard InChI is InChI=1S/C25H38N2O6/c1-17(23(31)27-21-10-8-20(9-11-21)16-32-19(3)29)26-22(30)12-13-25(6,7)33-15-14-24(4,5)18(2)28/h8-11,17H,12-16H2,1-7H3,(H,26,30)(H,27,31)/t17-/m0/s1.